The molecule has 3 aromatic rings. The first kappa shape index (κ1) is 22.2. The molecule has 8 nitrogen and oxygen atoms in total. The molecule has 1 aromatic heterocycles. The Morgan fingerprint density at radius 3 is 2.39 bits per heavy atom. The highest BCUT2D eigenvalue weighted by Crippen LogP contribution is 2.25. The fourth-order valence-electron chi connectivity index (χ4n) is 2.58. The molecule has 3 rings (SSSR count). The Morgan fingerprint density at radius 1 is 1.13 bits per heavy atom. The van der Waals surface area contributed by atoms with E-state index in [0.717, 1.165) is 17.7 Å². The Hall–Kier alpha value is -3.46. The molecule has 0 bridgehead atoms. The second-order valence-corrected chi connectivity index (χ2v) is 7.53. The topological polar surface area (TPSA) is 103 Å². The number of carbonyl (C=O) groups excluding carboxylic acids is 2. The summed E-state index contributed by atoms with van der Waals surface area (Å²) in [5, 5.41) is 3.30. The highest BCUT2D eigenvalue weighted by atomic mass is 32.2. The SMILES string of the molecule is CCOC(=O)c1cnc(SC(C=O)CNc2ccc(Oc3ccc(OC)cc3)cc2)[nH]1. The number of anilines is 1. The molecular formula is C22H23N3O5S. The zero-order valence-corrected chi connectivity index (χ0v) is 18.0. The van der Waals surface area contributed by atoms with Crippen LogP contribution in [0.25, 0.3) is 0 Å². The van der Waals surface area contributed by atoms with Gasteiger partial charge in [-0.1, -0.05) is 11.8 Å². The highest BCUT2D eigenvalue weighted by molar-refractivity contribution is 8.00. The van der Waals surface area contributed by atoms with Crippen molar-refractivity contribution in [3.05, 3.63) is 60.4 Å². The van der Waals surface area contributed by atoms with Crippen LogP contribution in [0.4, 0.5) is 5.69 Å². The number of carbonyl (C=O) groups is 2. The van der Waals surface area contributed by atoms with E-state index >= 15 is 0 Å². The van der Waals surface area contributed by atoms with Crippen molar-refractivity contribution in [2.75, 3.05) is 25.6 Å². The van der Waals surface area contributed by atoms with E-state index in [-0.39, 0.29) is 12.3 Å². The Morgan fingerprint density at radius 2 is 1.77 bits per heavy atom. The number of H-pyrrole nitrogens is 1. The number of ether oxygens (including phenoxy) is 3. The first-order chi connectivity index (χ1) is 15.1. The normalized spacial score (nSPS) is 11.4. The summed E-state index contributed by atoms with van der Waals surface area (Å²) in [6.45, 7) is 2.41. The molecule has 0 amide bonds. The highest BCUT2D eigenvalue weighted by Gasteiger charge is 2.15. The van der Waals surface area contributed by atoms with E-state index in [2.05, 4.69) is 15.3 Å². The third kappa shape index (κ3) is 6.51. The van der Waals surface area contributed by atoms with Crippen molar-refractivity contribution in [3.8, 4) is 17.2 Å². The molecule has 0 aliphatic heterocycles. The number of thioether (sulfide) groups is 1. The van der Waals surface area contributed by atoms with Gasteiger partial charge in [-0.15, -0.1) is 0 Å². The molecule has 0 fully saturated rings. The molecule has 0 spiro atoms. The van der Waals surface area contributed by atoms with E-state index in [0.29, 0.717) is 23.2 Å². The van der Waals surface area contributed by atoms with Crippen molar-refractivity contribution in [2.45, 2.75) is 17.3 Å². The molecule has 2 N–H and O–H groups in total. The van der Waals surface area contributed by atoms with E-state index in [9.17, 15) is 9.59 Å². The van der Waals surface area contributed by atoms with Crippen LogP contribution >= 0.6 is 11.8 Å². The average Bonchev–Trinajstić information content (AvgIpc) is 3.27. The van der Waals surface area contributed by atoms with Crippen LogP contribution < -0.4 is 14.8 Å². The van der Waals surface area contributed by atoms with Gasteiger partial charge in [0, 0.05) is 12.2 Å². The van der Waals surface area contributed by atoms with Gasteiger partial charge >= 0.3 is 5.97 Å². The Kier molecular flexibility index (Phi) is 7.94. The van der Waals surface area contributed by atoms with Crippen LogP contribution in [-0.2, 0) is 9.53 Å². The lowest BCUT2D eigenvalue weighted by atomic mass is 10.3. The summed E-state index contributed by atoms with van der Waals surface area (Å²) in [5.74, 6) is 1.69. The summed E-state index contributed by atoms with van der Waals surface area (Å²) in [5.41, 5.74) is 1.11. The van der Waals surface area contributed by atoms with E-state index in [1.54, 1.807) is 14.0 Å². The Labute approximate surface area is 184 Å². The molecule has 2 aromatic carbocycles. The summed E-state index contributed by atoms with van der Waals surface area (Å²) in [4.78, 5) is 30.1. The van der Waals surface area contributed by atoms with Gasteiger partial charge in [0.05, 0.1) is 25.2 Å². The quantitative estimate of drug-likeness (QED) is 0.260. The van der Waals surface area contributed by atoms with E-state index < -0.39 is 11.2 Å². The van der Waals surface area contributed by atoms with Gasteiger partial charge < -0.3 is 29.3 Å². The fourth-order valence-corrected chi connectivity index (χ4v) is 3.37. The number of benzene rings is 2. The summed E-state index contributed by atoms with van der Waals surface area (Å²) >= 11 is 1.23. The molecule has 0 saturated heterocycles. The number of esters is 1. The average molecular weight is 442 g/mol. The number of aromatic amines is 1. The largest absolute Gasteiger partial charge is 0.497 e. The number of methoxy groups -OCH3 is 1. The zero-order valence-electron chi connectivity index (χ0n) is 17.2. The first-order valence-electron chi connectivity index (χ1n) is 9.61. The van der Waals surface area contributed by atoms with Crippen LogP contribution in [0.2, 0.25) is 0 Å². The maximum atomic E-state index is 11.7. The van der Waals surface area contributed by atoms with E-state index in [4.69, 9.17) is 14.2 Å². The summed E-state index contributed by atoms with van der Waals surface area (Å²) in [6, 6.07) is 14.8. The molecule has 0 aliphatic carbocycles. The number of hydrogen-bond donors (Lipinski definition) is 2. The maximum Gasteiger partial charge on any atom is 0.356 e. The lowest BCUT2D eigenvalue weighted by Gasteiger charge is -2.12. The molecule has 31 heavy (non-hydrogen) atoms. The molecule has 1 heterocycles. The van der Waals surface area contributed by atoms with Gasteiger partial charge in [-0.25, -0.2) is 9.78 Å². The van der Waals surface area contributed by atoms with Gasteiger partial charge in [-0.2, -0.15) is 0 Å². The number of aromatic nitrogens is 2. The van der Waals surface area contributed by atoms with Gasteiger partial charge in [0.2, 0.25) is 0 Å². The third-order valence-electron chi connectivity index (χ3n) is 4.12. The number of nitrogens with zero attached hydrogens (tertiary/aromatic N) is 1. The van der Waals surface area contributed by atoms with Crippen molar-refractivity contribution in [1.82, 2.24) is 9.97 Å². The minimum atomic E-state index is -0.473. The van der Waals surface area contributed by atoms with Crippen molar-refractivity contribution >= 4 is 29.7 Å². The molecule has 0 aliphatic rings. The fraction of sp³-hybridized carbons (Fsp3) is 0.227. The number of imidazole rings is 1. The monoisotopic (exact) mass is 441 g/mol. The van der Waals surface area contributed by atoms with Crippen molar-refractivity contribution in [3.63, 3.8) is 0 Å². The van der Waals surface area contributed by atoms with Gasteiger partial charge in [0.25, 0.3) is 0 Å². The van der Waals surface area contributed by atoms with Gasteiger partial charge in [-0.3, -0.25) is 0 Å². The molecule has 1 atom stereocenters. The summed E-state index contributed by atoms with van der Waals surface area (Å²) in [6.07, 6.45) is 2.24. The van der Waals surface area contributed by atoms with Crippen LogP contribution in [-0.4, -0.2) is 47.7 Å². The summed E-state index contributed by atoms with van der Waals surface area (Å²) in [7, 11) is 1.62. The maximum absolute atomic E-state index is 11.7. The van der Waals surface area contributed by atoms with Crippen LogP contribution in [0.3, 0.4) is 0 Å². The molecule has 1 unspecified atom stereocenters. The summed E-state index contributed by atoms with van der Waals surface area (Å²) < 4.78 is 15.9. The standard InChI is InChI=1S/C22H23N3O5S/c1-3-29-21(27)20-13-24-22(25-20)31-19(14-26)12-23-15-4-6-17(7-5-15)30-18-10-8-16(28-2)9-11-18/h4-11,13-14,19,23H,3,12H2,1-2H3,(H,24,25). The molecular weight excluding hydrogens is 418 g/mol. The van der Waals surface area contributed by atoms with Gasteiger partial charge in [0.1, 0.15) is 29.2 Å². The van der Waals surface area contributed by atoms with Crippen molar-refractivity contribution < 1.29 is 23.8 Å². The molecule has 162 valence electrons. The zero-order chi connectivity index (χ0) is 22.1. The smallest absolute Gasteiger partial charge is 0.356 e. The number of nitrogens with one attached hydrogen (secondary N) is 2. The first-order valence-corrected chi connectivity index (χ1v) is 10.5. The van der Waals surface area contributed by atoms with E-state index in [1.807, 2.05) is 48.5 Å². The number of aldehydes is 1. The van der Waals surface area contributed by atoms with E-state index in [1.165, 1.54) is 18.0 Å². The number of rotatable bonds is 11. The second-order valence-electron chi connectivity index (χ2n) is 6.30. The van der Waals surface area contributed by atoms with Gasteiger partial charge in [-0.05, 0) is 55.5 Å². The molecule has 0 saturated carbocycles. The minimum Gasteiger partial charge on any atom is -0.497 e. The third-order valence-corrected chi connectivity index (χ3v) is 5.13. The number of hydrogen-bond acceptors (Lipinski definition) is 8. The second kappa shape index (κ2) is 11.1. The molecule has 0 radical (unpaired) electrons. The van der Waals surface area contributed by atoms with Crippen LogP contribution in [0, 0.1) is 0 Å². The Bertz CT molecular complexity index is 989. The van der Waals surface area contributed by atoms with Crippen molar-refractivity contribution in [1.29, 1.82) is 0 Å². The lowest BCUT2D eigenvalue weighted by Crippen LogP contribution is -2.18. The van der Waals surface area contributed by atoms with Crippen LogP contribution in [0.1, 0.15) is 17.4 Å². The predicted molar refractivity (Wildman–Crippen MR) is 118 cm³/mol. The lowest BCUT2D eigenvalue weighted by molar-refractivity contribution is -0.107. The van der Waals surface area contributed by atoms with Gasteiger partial charge in [0.15, 0.2) is 5.16 Å². The predicted octanol–water partition coefficient (Wildman–Crippen LogP) is 4.16. The van der Waals surface area contributed by atoms with Crippen molar-refractivity contribution in [2.24, 2.45) is 0 Å². The minimum absolute atomic E-state index is 0.259. The Balaban J connectivity index is 1.51. The van der Waals surface area contributed by atoms with Crippen LogP contribution in [0.5, 0.6) is 17.2 Å². The van der Waals surface area contributed by atoms with Crippen LogP contribution in [0.15, 0.2) is 59.9 Å². The molecule has 9 heteroatoms.